The van der Waals surface area contributed by atoms with Crippen molar-refractivity contribution in [2.24, 2.45) is 5.73 Å². The number of aromatic nitrogens is 3. The van der Waals surface area contributed by atoms with Crippen LogP contribution in [0.3, 0.4) is 0 Å². The third-order valence-corrected chi connectivity index (χ3v) is 3.76. The molecule has 0 bridgehead atoms. The van der Waals surface area contributed by atoms with Gasteiger partial charge in [0.05, 0.1) is 13.1 Å². The summed E-state index contributed by atoms with van der Waals surface area (Å²) in [7, 11) is 0. The van der Waals surface area contributed by atoms with E-state index in [1.54, 1.807) is 17.5 Å². The maximum Gasteiger partial charge on any atom is 0.350 e. The first-order valence-electron chi connectivity index (χ1n) is 6.09. The van der Waals surface area contributed by atoms with Gasteiger partial charge in [0, 0.05) is 16.6 Å². The Hall–Kier alpha value is -2.36. The van der Waals surface area contributed by atoms with E-state index in [2.05, 4.69) is 16.9 Å². The molecule has 0 aliphatic heterocycles. The molecule has 3 heterocycles. The molecular weight excluding hydrogens is 272 g/mol. The second-order valence-corrected chi connectivity index (χ2v) is 5.13. The van der Waals surface area contributed by atoms with Gasteiger partial charge in [-0.2, -0.15) is 0 Å². The molecule has 0 aliphatic carbocycles. The van der Waals surface area contributed by atoms with Crippen molar-refractivity contribution in [1.82, 2.24) is 14.2 Å². The lowest BCUT2D eigenvalue weighted by atomic mass is 10.2. The minimum atomic E-state index is -0.147. The van der Waals surface area contributed by atoms with Crippen LogP contribution in [0.1, 0.15) is 10.4 Å². The zero-order chi connectivity index (χ0) is 13.9. The Kier molecular flexibility index (Phi) is 3.37. The lowest BCUT2D eigenvalue weighted by Gasteiger charge is -1.97. The van der Waals surface area contributed by atoms with Crippen LogP contribution in [-0.4, -0.2) is 20.7 Å². The minimum Gasteiger partial charge on any atom is -0.320 e. The zero-order valence-electron chi connectivity index (χ0n) is 10.6. The minimum absolute atomic E-state index is 0.147. The van der Waals surface area contributed by atoms with Crippen LogP contribution >= 0.6 is 11.3 Å². The summed E-state index contributed by atoms with van der Waals surface area (Å²) in [6.45, 7) is 0.746. The Morgan fingerprint density at radius 2 is 2.25 bits per heavy atom. The van der Waals surface area contributed by atoms with Crippen LogP contribution in [0, 0.1) is 11.8 Å². The number of hydrogen-bond donors (Lipinski definition) is 1. The number of fused-ring (bicyclic) bond motifs is 1. The van der Waals surface area contributed by atoms with E-state index in [0.717, 1.165) is 10.4 Å². The second-order valence-electron chi connectivity index (χ2n) is 4.13. The molecule has 0 amide bonds. The summed E-state index contributed by atoms with van der Waals surface area (Å²) in [5.74, 6) is 5.84. The molecule has 6 heteroatoms. The van der Waals surface area contributed by atoms with Gasteiger partial charge in [-0.05, 0) is 23.6 Å². The molecule has 5 nitrogen and oxygen atoms in total. The lowest BCUT2D eigenvalue weighted by Crippen LogP contribution is -2.21. The first kappa shape index (κ1) is 12.7. The van der Waals surface area contributed by atoms with E-state index in [1.807, 2.05) is 29.6 Å². The van der Waals surface area contributed by atoms with Crippen molar-refractivity contribution in [2.45, 2.75) is 6.54 Å². The maximum atomic E-state index is 12.2. The fraction of sp³-hybridized carbons (Fsp3) is 0.143. The SMILES string of the molecule is NCC#Cc1ccsc1Cn1nc2ccccn2c1=O. The Balaban J connectivity index is 2.00. The summed E-state index contributed by atoms with van der Waals surface area (Å²) in [6, 6.07) is 7.41. The molecule has 0 aliphatic rings. The smallest absolute Gasteiger partial charge is 0.320 e. The molecule has 3 rings (SSSR count). The molecule has 3 aromatic rings. The predicted molar refractivity (Wildman–Crippen MR) is 78.8 cm³/mol. The van der Waals surface area contributed by atoms with Crippen LogP contribution in [-0.2, 0) is 6.54 Å². The van der Waals surface area contributed by atoms with Gasteiger partial charge in [-0.25, -0.2) is 9.48 Å². The molecule has 0 aromatic carbocycles. The van der Waals surface area contributed by atoms with Crippen molar-refractivity contribution in [2.75, 3.05) is 6.54 Å². The van der Waals surface area contributed by atoms with Crippen molar-refractivity contribution < 1.29 is 0 Å². The molecule has 0 spiro atoms. The van der Waals surface area contributed by atoms with E-state index < -0.39 is 0 Å². The monoisotopic (exact) mass is 284 g/mol. The quantitative estimate of drug-likeness (QED) is 0.712. The molecule has 100 valence electrons. The van der Waals surface area contributed by atoms with Gasteiger partial charge in [0.2, 0.25) is 0 Å². The van der Waals surface area contributed by atoms with Crippen LogP contribution in [0.25, 0.3) is 5.65 Å². The number of nitrogens with zero attached hydrogens (tertiary/aromatic N) is 3. The van der Waals surface area contributed by atoms with Crippen molar-refractivity contribution >= 4 is 17.0 Å². The molecule has 0 saturated heterocycles. The van der Waals surface area contributed by atoms with Crippen molar-refractivity contribution in [3.63, 3.8) is 0 Å². The number of thiophene rings is 1. The summed E-state index contributed by atoms with van der Waals surface area (Å²) >= 11 is 1.56. The molecule has 0 radical (unpaired) electrons. The summed E-state index contributed by atoms with van der Waals surface area (Å²) in [6.07, 6.45) is 1.71. The van der Waals surface area contributed by atoms with Crippen molar-refractivity contribution in [1.29, 1.82) is 0 Å². The van der Waals surface area contributed by atoms with E-state index in [1.165, 1.54) is 9.08 Å². The summed E-state index contributed by atoms with van der Waals surface area (Å²) in [5, 5.41) is 6.26. The fourth-order valence-corrected chi connectivity index (χ4v) is 2.74. The third-order valence-electron chi connectivity index (χ3n) is 2.85. The van der Waals surface area contributed by atoms with E-state index in [9.17, 15) is 4.79 Å². The van der Waals surface area contributed by atoms with Crippen molar-refractivity contribution in [3.05, 3.63) is 56.8 Å². The van der Waals surface area contributed by atoms with Gasteiger partial charge in [-0.3, -0.25) is 4.40 Å². The standard InChI is InChI=1S/C14H12N4OS/c15-7-3-4-11-6-9-20-12(11)10-18-14(19)17-8-2-1-5-13(17)16-18/h1-2,5-6,8-9H,7,10,15H2. The third kappa shape index (κ3) is 2.25. The molecule has 3 aromatic heterocycles. The highest BCUT2D eigenvalue weighted by Crippen LogP contribution is 2.16. The zero-order valence-corrected chi connectivity index (χ0v) is 11.4. The number of rotatable bonds is 2. The Bertz CT molecular complexity index is 862. The molecule has 0 fully saturated rings. The summed E-state index contributed by atoms with van der Waals surface area (Å²) in [5.41, 5.74) is 6.78. The lowest BCUT2D eigenvalue weighted by molar-refractivity contribution is 0.665. The van der Waals surface area contributed by atoms with Crippen LogP contribution in [0.5, 0.6) is 0 Å². The molecule has 2 N–H and O–H groups in total. The highest BCUT2D eigenvalue weighted by atomic mass is 32.1. The van der Waals surface area contributed by atoms with Gasteiger partial charge in [0.1, 0.15) is 0 Å². The van der Waals surface area contributed by atoms with Crippen LogP contribution in [0.4, 0.5) is 0 Å². The van der Waals surface area contributed by atoms with Gasteiger partial charge >= 0.3 is 5.69 Å². The normalized spacial score (nSPS) is 10.4. The Labute approximate surface area is 119 Å². The van der Waals surface area contributed by atoms with E-state index in [4.69, 9.17) is 5.73 Å². The summed E-state index contributed by atoms with van der Waals surface area (Å²) < 4.78 is 2.98. The van der Waals surface area contributed by atoms with Crippen LogP contribution < -0.4 is 11.4 Å². The number of hydrogen-bond acceptors (Lipinski definition) is 4. The molecule has 0 saturated carbocycles. The Morgan fingerprint density at radius 3 is 3.05 bits per heavy atom. The van der Waals surface area contributed by atoms with Crippen LogP contribution in [0.15, 0.2) is 40.6 Å². The average Bonchev–Trinajstić information content (AvgIpc) is 3.03. The van der Waals surface area contributed by atoms with E-state index in [-0.39, 0.29) is 5.69 Å². The molecule has 0 unspecified atom stereocenters. The summed E-state index contributed by atoms with van der Waals surface area (Å²) in [4.78, 5) is 13.2. The van der Waals surface area contributed by atoms with Gasteiger partial charge in [-0.15, -0.1) is 16.4 Å². The fourth-order valence-electron chi connectivity index (χ4n) is 1.93. The van der Waals surface area contributed by atoms with Crippen molar-refractivity contribution in [3.8, 4) is 11.8 Å². The number of nitrogens with two attached hydrogens (primary N) is 1. The topological polar surface area (TPSA) is 65.3 Å². The predicted octanol–water partition coefficient (Wildman–Crippen LogP) is 0.916. The van der Waals surface area contributed by atoms with Gasteiger partial charge in [0.25, 0.3) is 0 Å². The average molecular weight is 284 g/mol. The van der Waals surface area contributed by atoms with Gasteiger partial charge < -0.3 is 5.73 Å². The molecular formula is C14H12N4OS. The first-order chi connectivity index (χ1) is 9.79. The Morgan fingerprint density at radius 1 is 1.35 bits per heavy atom. The van der Waals surface area contributed by atoms with Crippen LogP contribution in [0.2, 0.25) is 0 Å². The van der Waals surface area contributed by atoms with Gasteiger partial charge in [-0.1, -0.05) is 17.9 Å². The molecule has 20 heavy (non-hydrogen) atoms. The van der Waals surface area contributed by atoms with Gasteiger partial charge in [0.15, 0.2) is 5.65 Å². The number of pyridine rings is 1. The maximum absolute atomic E-state index is 12.2. The second kappa shape index (κ2) is 5.33. The van der Waals surface area contributed by atoms with E-state index in [0.29, 0.717) is 18.7 Å². The highest BCUT2D eigenvalue weighted by Gasteiger charge is 2.09. The largest absolute Gasteiger partial charge is 0.350 e. The van der Waals surface area contributed by atoms with E-state index >= 15 is 0 Å². The highest BCUT2D eigenvalue weighted by molar-refractivity contribution is 7.10. The first-order valence-corrected chi connectivity index (χ1v) is 6.97. The molecule has 0 atom stereocenters.